The molecule has 3 aromatic rings. The van der Waals surface area contributed by atoms with Crippen molar-refractivity contribution in [2.75, 3.05) is 33.4 Å². The third kappa shape index (κ3) is 5.31. The van der Waals surface area contributed by atoms with Crippen LogP contribution in [0.1, 0.15) is 23.4 Å². The van der Waals surface area contributed by atoms with Gasteiger partial charge >= 0.3 is 0 Å². The molecule has 1 unspecified atom stereocenters. The molecule has 1 aromatic carbocycles. The van der Waals surface area contributed by atoms with E-state index in [9.17, 15) is 5.11 Å². The van der Waals surface area contributed by atoms with Crippen LogP contribution in [-0.4, -0.2) is 69.1 Å². The standard InChI is InChI=1S/C24H31N5O2/c1-19-6-5-7-21(26-19)17-28-12-11-27(18-22(28)10-13-30)15-20-14-25-29(16-20)23-8-3-4-9-24(23)31-2/h3-9,14,16,22,30H,10-13,15,17-18H2,1-2H3. The lowest BCUT2D eigenvalue weighted by atomic mass is 10.1. The van der Waals surface area contributed by atoms with Crippen molar-refractivity contribution in [2.24, 2.45) is 0 Å². The summed E-state index contributed by atoms with van der Waals surface area (Å²) in [4.78, 5) is 9.55. The Morgan fingerprint density at radius 1 is 1.10 bits per heavy atom. The molecular weight excluding hydrogens is 390 g/mol. The molecule has 31 heavy (non-hydrogen) atoms. The Morgan fingerprint density at radius 2 is 1.97 bits per heavy atom. The van der Waals surface area contributed by atoms with Gasteiger partial charge in [0, 0.05) is 62.8 Å². The normalized spacial score (nSPS) is 17.7. The van der Waals surface area contributed by atoms with Crippen LogP contribution >= 0.6 is 0 Å². The average Bonchev–Trinajstić information content (AvgIpc) is 3.24. The Labute approximate surface area is 183 Å². The van der Waals surface area contributed by atoms with E-state index in [0.717, 1.165) is 62.0 Å². The molecule has 7 nitrogen and oxygen atoms in total. The number of rotatable bonds is 8. The number of aromatic nitrogens is 3. The Morgan fingerprint density at radius 3 is 2.77 bits per heavy atom. The molecule has 3 heterocycles. The quantitative estimate of drug-likeness (QED) is 0.603. The minimum absolute atomic E-state index is 0.196. The first kappa shape index (κ1) is 21.5. The predicted octanol–water partition coefficient (Wildman–Crippen LogP) is 2.65. The zero-order valence-electron chi connectivity index (χ0n) is 18.3. The fourth-order valence-electron chi connectivity index (χ4n) is 4.28. The maximum atomic E-state index is 9.62. The van der Waals surface area contributed by atoms with Crippen molar-refractivity contribution in [2.45, 2.75) is 32.5 Å². The van der Waals surface area contributed by atoms with Crippen LogP contribution in [0.4, 0.5) is 0 Å². The predicted molar refractivity (Wildman–Crippen MR) is 120 cm³/mol. The number of pyridine rings is 1. The van der Waals surface area contributed by atoms with E-state index >= 15 is 0 Å². The number of aryl methyl sites for hydroxylation is 1. The Hall–Kier alpha value is -2.74. The molecule has 0 radical (unpaired) electrons. The van der Waals surface area contributed by atoms with Gasteiger partial charge < -0.3 is 9.84 Å². The van der Waals surface area contributed by atoms with Gasteiger partial charge in [-0.05, 0) is 37.6 Å². The lowest BCUT2D eigenvalue weighted by molar-refractivity contribution is 0.0491. The van der Waals surface area contributed by atoms with Gasteiger partial charge in [0.2, 0.25) is 0 Å². The minimum atomic E-state index is 0.196. The van der Waals surface area contributed by atoms with Crippen molar-refractivity contribution in [3.8, 4) is 11.4 Å². The lowest BCUT2D eigenvalue weighted by Crippen LogP contribution is -2.52. The van der Waals surface area contributed by atoms with Crippen LogP contribution in [-0.2, 0) is 13.1 Å². The number of hydrogen-bond donors (Lipinski definition) is 1. The molecule has 0 saturated carbocycles. The Kier molecular flexibility index (Phi) is 6.96. The highest BCUT2D eigenvalue weighted by molar-refractivity contribution is 5.46. The van der Waals surface area contributed by atoms with Crippen LogP contribution in [0.25, 0.3) is 5.69 Å². The van der Waals surface area contributed by atoms with E-state index in [0.29, 0.717) is 6.04 Å². The van der Waals surface area contributed by atoms with Crippen molar-refractivity contribution >= 4 is 0 Å². The second-order valence-corrected chi connectivity index (χ2v) is 8.11. The lowest BCUT2D eigenvalue weighted by Gasteiger charge is -2.41. The minimum Gasteiger partial charge on any atom is -0.494 e. The number of hydrogen-bond acceptors (Lipinski definition) is 6. The van der Waals surface area contributed by atoms with Gasteiger partial charge in [-0.2, -0.15) is 5.10 Å². The van der Waals surface area contributed by atoms with E-state index in [2.05, 4.69) is 38.2 Å². The Balaban J connectivity index is 1.41. The first-order valence-corrected chi connectivity index (χ1v) is 10.8. The van der Waals surface area contributed by atoms with E-state index < -0.39 is 0 Å². The molecule has 7 heteroatoms. The first-order valence-electron chi connectivity index (χ1n) is 10.8. The summed E-state index contributed by atoms with van der Waals surface area (Å²) in [6, 6.07) is 14.4. The van der Waals surface area contributed by atoms with Gasteiger partial charge in [-0.3, -0.25) is 14.8 Å². The third-order valence-corrected chi connectivity index (χ3v) is 5.84. The number of benzene rings is 1. The maximum Gasteiger partial charge on any atom is 0.144 e. The summed E-state index contributed by atoms with van der Waals surface area (Å²) in [6.45, 7) is 6.75. The summed E-state index contributed by atoms with van der Waals surface area (Å²) in [5.41, 5.74) is 4.24. The summed E-state index contributed by atoms with van der Waals surface area (Å²) < 4.78 is 7.34. The highest BCUT2D eigenvalue weighted by atomic mass is 16.5. The van der Waals surface area contributed by atoms with Crippen molar-refractivity contribution < 1.29 is 9.84 Å². The summed E-state index contributed by atoms with van der Waals surface area (Å²) in [5, 5.41) is 14.2. The van der Waals surface area contributed by atoms with Crippen LogP contribution in [0.5, 0.6) is 5.75 Å². The van der Waals surface area contributed by atoms with Crippen LogP contribution in [0.3, 0.4) is 0 Å². The molecule has 1 atom stereocenters. The molecular formula is C24H31N5O2. The van der Waals surface area contributed by atoms with E-state index in [-0.39, 0.29) is 6.61 Å². The summed E-state index contributed by atoms with van der Waals surface area (Å²) in [7, 11) is 1.68. The first-order chi connectivity index (χ1) is 15.2. The smallest absolute Gasteiger partial charge is 0.144 e. The van der Waals surface area contributed by atoms with Gasteiger partial charge in [0.25, 0.3) is 0 Å². The molecule has 2 aromatic heterocycles. The highest BCUT2D eigenvalue weighted by Gasteiger charge is 2.27. The maximum absolute atomic E-state index is 9.62. The van der Waals surface area contributed by atoms with Crippen molar-refractivity contribution in [1.29, 1.82) is 0 Å². The van der Waals surface area contributed by atoms with E-state index in [1.54, 1.807) is 7.11 Å². The highest BCUT2D eigenvalue weighted by Crippen LogP contribution is 2.23. The van der Waals surface area contributed by atoms with Gasteiger partial charge in [-0.1, -0.05) is 18.2 Å². The molecule has 0 aliphatic carbocycles. The van der Waals surface area contributed by atoms with Gasteiger partial charge in [-0.15, -0.1) is 0 Å². The molecule has 1 fully saturated rings. The largest absolute Gasteiger partial charge is 0.494 e. The van der Waals surface area contributed by atoms with Crippen LogP contribution in [0.2, 0.25) is 0 Å². The number of para-hydroxylation sites is 2. The fraction of sp³-hybridized carbons (Fsp3) is 0.417. The summed E-state index contributed by atoms with van der Waals surface area (Å²) in [5.74, 6) is 0.804. The molecule has 1 N–H and O–H groups in total. The molecule has 1 saturated heterocycles. The second kappa shape index (κ2) is 10.0. The number of ether oxygens (including phenoxy) is 1. The van der Waals surface area contributed by atoms with E-state index in [1.807, 2.05) is 48.1 Å². The SMILES string of the molecule is COc1ccccc1-n1cc(CN2CCN(Cc3cccc(C)n3)C(CCO)C2)cn1. The summed E-state index contributed by atoms with van der Waals surface area (Å²) in [6.07, 6.45) is 4.77. The van der Waals surface area contributed by atoms with Gasteiger partial charge in [0.15, 0.2) is 0 Å². The zero-order chi connectivity index (χ0) is 21.6. The van der Waals surface area contributed by atoms with Crippen molar-refractivity contribution in [3.63, 3.8) is 0 Å². The fourth-order valence-corrected chi connectivity index (χ4v) is 4.28. The molecule has 4 rings (SSSR count). The zero-order valence-corrected chi connectivity index (χ0v) is 18.3. The molecule has 0 amide bonds. The average molecular weight is 422 g/mol. The van der Waals surface area contributed by atoms with E-state index in [1.165, 1.54) is 5.56 Å². The van der Waals surface area contributed by atoms with Gasteiger partial charge in [0.05, 0.1) is 19.0 Å². The van der Waals surface area contributed by atoms with E-state index in [4.69, 9.17) is 4.74 Å². The molecule has 1 aliphatic rings. The monoisotopic (exact) mass is 421 g/mol. The number of aliphatic hydroxyl groups is 1. The number of methoxy groups -OCH3 is 1. The third-order valence-electron chi connectivity index (χ3n) is 5.84. The molecule has 164 valence electrons. The van der Waals surface area contributed by atoms with Gasteiger partial charge in [-0.25, -0.2) is 4.68 Å². The molecule has 0 spiro atoms. The summed E-state index contributed by atoms with van der Waals surface area (Å²) >= 11 is 0. The number of nitrogens with zero attached hydrogens (tertiary/aromatic N) is 5. The molecule has 0 bridgehead atoms. The molecule has 1 aliphatic heterocycles. The second-order valence-electron chi connectivity index (χ2n) is 8.11. The topological polar surface area (TPSA) is 66.7 Å². The van der Waals surface area contributed by atoms with Crippen molar-refractivity contribution in [3.05, 3.63) is 71.8 Å². The number of piperazine rings is 1. The van der Waals surface area contributed by atoms with Crippen LogP contribution in [0, 0.1) is 6.92 Å². The van der Waals surface area contributed by atoms with Gasteiger partial charge in [0.1, 0.15) is 11.4 Å². The number of aliphatic hydroxyl groups excluding tert-OH is 1. The van der Waals surface area contributed by atoms with Crippen molar-refractivity contribution in [1.82, 2.24) is 24.6 Å². The van der Waals surface area contributed by atoms with Crippen LogP contribution < -0.4 is 4.74 Å². The van der Waals surface area contributed by atoms with Crippen LogP contribution in [0.15, 0.2) is 54.9 Å². The Bertz CT molecular complexity index is 989.